The van der Waals surface area contributed by atoms with Crippen molar-refractivity contribution < 1.29 is 9.53 Å². The van der Waals surface area contributed by atoms with Gasteiger partial charge in [0.2, 0.25) is 5.91 Å². The van der Waals surface area contributed by atoms with E-state index in [0.29, 0.717) is 10.7 Å². The lowest BCUT2D eigenvalue weighted by Crippen LogP contribution is -2.21. The van der Waals surface area contributed by atoms with Crippen LogP contribution in [0.4, 0.5) is 11.4 Å². The Bertz CT molecular complexity index is 585. The Kier molecular flexibility index (Phi) is 4.85. The summed E-state index contributed by atoms with van der Waals surface area (Å²) in [5.74, 6) is 0.641. The Balaban J connectivity index is 1.85. The summed E-state index contributed by atoms with van der Waals surface area (Å²) in [7, 11) is 1.61. The standard InChI is InChI=1S/C15H15ClN2O2/c1-20-14-7-5-12(6-8-14)17-10-15(19)18-13-4-2-3-11(16)9-13/h2-9,17H,10H2,1H3,(H,18,19). The number of hydrogen-bond donors (Lipinski definition) is 2. The van der Waals surface area contributed by atoms with Crippen LogP contribution in [0.2, 0.25) is 5.02 Å². The lowest BCUT2D eigenvalue weighted by atomic mass is 10.3. The molecular weight excluding hydrogens is 276 g/mol. The first kappa shape index (κ1) is 14.2. The average Bonchev–Trinajstić information content (AvgIpc) is 2.46. The maximum absolute atomic E-state index is 11.8. The van der Waals surface area contributed by atoms with Crippen molar-refractivity contribution >= 4 is 28.9 Å². The zero-order valence-corrected chi connectivity index (χ0v) is 11.8. The number of methoxy groups -OCH3 is 1. The van der Waals surface area contributed by atoms with Crippen LogP contribution in [-0.4, -0.2) is 19.6 Å². The van der Waals surface area contributed by atoms with Gasteiger partial charge in [0, 0.05) is 16.4 Å². The molecule has 1 amide bonds. The Morgan fingerprint density at radius 2 is 1.90 bits per heavy atom. The van der Waals surface area contributed by atoms with E-state index in [2.05, 4.69) is 10.6 Å². The van der Waals surface area contributed by atoms with Crippen LogP contribution in [0.15, 0.2) is 48.5 Å². The van der Waals surface area contributed by atoms with Crippen LogP contribution >= 0.6 is 11.6 Å². The molecule has 0 spiro atoms. The maximum atomic E-state index is 11.8. The van der Waals surface area contributed by atoms with Gasteiger partial charge in [0.25, 0.3) is 0 Å². The van der Waals surface area contributed by atoms with Gasteiger partial charge in [-0.05, 0) is 42.5 Å². The molecule has 2 aromatic carbocycles. The predicted molar refractivity (Wildman–Crippen MR) is 81.6 cm³/mol. The van der Waals surface area contributed by atoms with Crippen molar-refractivity contribution in [2.75, 3.05) is 24.3 Å². The molecule has 4 nitrogen and oxygen atoms in total. The van der Waals surface area contributed by atoms with Gasteiger partial charge < -0.3 is 15.4 Å². The van der Waals surface area contributed by atoms with Gasteiger partial charge in [-0.2, -0.15) is 0 Å². The van der Waals surface area contributed by atoms with Gasteiger partial charge in [0.05, 0.1) is 13.7 Å². The monoisotopic (exact) mass is 290 g/mol. The third-order valence-electron chi connectivity index (χ3n) is 2.65. The van der Waals surface area contributed by atoms with E-state index in [1.165, 1.54) is 0 Å². The van der Waals surface area contributed by atoms with E-state index in [0.717, 1.165) is 11.4 Å². The largest absolute Gasteiger partial charge is 0.497 e. The first-order valence-electron chi connectivity index (χ1n) is 6.11. The third kappa shape index (κ3) is 4.17. The molecule has 0 bridgehead atoms. The summed E-state index contributed by atoms with van der Waals surface area (Å²) in [6.45, 7) is 0.179. The highest BCUT2D eigenvalue weighted by molar-refractivity contribution is 6.30. The van der Waals surface area contributed by atoms with Crippen molar-refractivity contribution in [1.82, 2.24) is 0 Å². The molecule has 0 aliphatic carbocycles. The third-order valence-corrected chi connectivity index (χ3v) is 2.89. The van der Waals surface area contributed by atoms with Crippen molar-refractivity contribution in [2.45, 2.75) is 0 Å². The molecule has 20 heavy (non-hydrogen) atoms. The molecule has 0 aliphatic rings. The quantitative estimate of drug-likeness (QED) is 0.887. The van der Waals surface area contributed by atoms with E-state index in [1.807, 2.05) is 24.3 Å². The summed E-state index contributed by atoms with van der Waals surface area (Å²) in [4.78, 5) is 11.8. The molecule has 104 valence electrons. The number of anilines is 2. The number of rotatable bonds is 5. The maximum Gasteiger partial charge on any atom is 0.243 e. The number of benzene rings is 2. The second kappa shape index (κ2) is 6.82. The predicted octanol–water partition coefficient (Wildman–Crippen LogP) is 3.40. The summed E-state index contributed by atoms with van der Waals surface area (Å²) >= 11 is 5.85. The van der Waals surface area contributed by atoms with E-state index < -0.39 is 0 Å². The minimum atomic E-state index is -0.136. The molecule has 0 saturated heterocycles. The van der Waals surface area contributed by atoms with E-state index in [4.69, 9.17) is 16.3 Å². The van der Waals surface area contributed by atoms with Gasteiger partial charge in [-0.25, -0.2) is 0 Å². The molecule has 0 saturated carbocycles. The summed E-state index contributed by atoms with van der Waals surface area (Å²) < 4.78 is 5.07. The Labute approximate surface area is 122 Å². The summed E-state index contributed by atoms with van der Waals surface area (Å²) in [6, 6.07) is 14.4. The van der Waals surface area contributed by atoms with Gasteiger partial charge in [0.15, 0.2) is 0 Å². The van der Waals surface area contributed by atoms with Crippen molar-refractivity contribution in [3.63, 3.8) is 0 Å². The van der Waals surface area contributed by atoms with E-state index in [1.54, 1.807) is 31.4 Å². The van der Waals surface area contributed by atoms with Crippen LogP contribution in [0.1, 0.15) is 0 Å². The molecule has 0 radical (unpaired) electrons. The number of carbonyl (C=O) groups excluding carboxylic acids is 1. The first-order chi connectivity index (χ1) is 9.67. The smallest absolute Gasteiger partial charge is 0.243 e. The molecule has 0 aromatic heterocycles. The van der Waals surface area contributed by atoms with Crippen LogP contribution in [-0.2, 0) is 4.79 Å². The number of nitrogens with one attached hydrogen (secondary N) is 2. The number of amides is 1. The van der Waals surface area contributed by atoms with Crippen LogP contribution in [0.5, 0.6) is 5.75 Å². The van der Waals surface area contributed by atoms with Crippen molar-refractivity contribution in [1.29, 1.82) is 0 Å². The molecule has 0 fully saturated rings. The number of carbonyl (C=O) groups is 1. The molecule has 5 heteroatoms. The molecule has 0 unspecified atom stereocenters. The molecular formula is C15H15ClN2O2. The topological polar surface area (TPSA) is 50.4 Å². The summed E-state index contributed by atoms with van der Waals surface area (Å²) in [5, 5.41) is 6.38. The number of ether oxygens (including phenoxy) is 1. The second-order valence-electron chi connectivity index (χ2n) is 4.14. The molecule has 2 rings (SSSR count). The van der Waals surface area contributed by atoms with Gasteiger partial charge in [-0.3, -0.25) is 4.79 Å². The van der Waals surface area contributed by atoms with Gasteiger partial charge in [-0.15, -0.1) is 0 Å². The van der Waals surface area contributed by atoms with Gasteiger partial charge >= 0.3 is 0 Å². The fraction of sp³-hybridized carbons (Fsp3) is 0.133. The average molecular weight is 291 g/mol. The van der Waals surface area contributed by atoms with Crippen LogP contribution in [0.25, 0.3) is 0 Å². The highest BCUT2D eigenvalue weighted by Crippen LogP contribution is 2.16. The second-order valence-corrected chi connectivity index (χ2v) is 4.58. The zero-order valence-electron chi connectivity index (χ0n) is 11.0. The summed E-state index contributed by atoms with van der Waals surface area (Å²) in [6.07, 6.45) is 0. The Morgan fingerprint density at radius 1 is 1.15 bits per heavy atom. The van der Waals surface area contributed by atoms with E-state index >= 15 is 0 Å². The molecule has 0 aliphatic heterocycles. The number of halogens is 1. The highest BCUT2D eigenvalue weighted by atomic mass is 35.5. The first-order valence-corrected chi connectivity index (χ1v) is 6.48. The minimum Gasteiger partial charge on any atom is -0.497 e. The van der Waals surface area contributed by atoms with Gasteiger partial charge in [0.1, 0.15) is 5.75 Å². The van der Waals surface area contributed by atoms with Crippen molar-refractivity contribution in [2.24, 2.45) is 0 Å². The molecule has 0 atom stereocenters. The molecule has 0 heterocycles. The zero-order chi connectivity index (χ0) is 14.4. The van der Waals surface area contributed by atoms with Crippen LogP contribution in [0, 0.1) is 0 Å². The Morgan fingerprint density at radius 3 is 2.55 bits per heavy atom. The summed E-state index contributed by atoms with van der Waals surface area (Å²) in [5.41, 5.74) is 1.53. The molecule has 2 aromatic rings. The van der Waals surface area contributed by atoms with E-state index in [-0.39, 0.29) is 12.5 Å². The SMILES string of the molecule is COc1ccc(NCC(=O)Nc2cccc(Cl)c2)cc1. The van der Waals surface area contributed by atoms with Crippen molar-refractivity contribution in [3.05, 3.63) is 53.6 Å². The molecule has 2 N–H and O–H groups in total. The van der Waals surface area contributed by atoms with Gasteiger partial charge in [-0.1, -0.05) is 17.7 Å². The van der Waals surface area contributed by atoms with Crippen LogP contribution < -0.4 is 15.4 Å². The van der Waals surface area contributed by atoms with Crippen molar-refractivity contribution in [3.8, 4) is 5.75 Å². The Hall–Kier alpha value is -2.20. The fourth-order valence-electron chi connectivity index (χ4n) is 1.66. The van der Waals surface area contributed by atoms with E-state index in [9.17, 15) is 4.79 Å². The fourth-order valence-corrected chi connectivity index (χ4v) is 1.85. The lowest BCUT2D eigenvalue weighted by molar-refractivity contribution is -0.114. The highest BCUT2D eigenvalue weighted by Gasteiger charge is 2.02. The number of hydrogen-bond acceptors (Lipinski definition) is 3. The minimum absolute atomic E-state index is 0.136. The lowest BCUT2D eigenvalue weighted by Gasteiger charge is -2.08. The normalized spacial score (nSPS) is 9.90. The van der Waals surface area contributed by atoms with Crippen LogP contribution in [0.3, 0.4) is 0 Å².